The van der Waals surface area contributed by atoms with Gasteiger partial charge < -0.3 is 14.9 Å². The van der Waals surface area contributed by atoms with Crippen LogP contribution in [0, 0.1) is 0 Å². The van der Waals surface area contributed by atoms with Crippen LogP contribution in [0.15, 0.2) is 28.0 Å². The first-order valence-electron chi connectivity index (χ1n) is 6.52. The fraction of sp³-hybridized carbons (Fsp3) is 0.385. The summed E-state index contributed by atoms with van der Waals surface area (Å²) >= 11 is 1.19. The van der Waals surface area contributed by atoms with Gasteiger partial charge in [0.25, 0.3) is 0 Å². The van der Waals surface area contributed by atoms with Crippen LogP contribution in [-0.2, 0) is 20.9 Å². The van der Waals surface area contributed by atoms with Gasteiger partial charge >= 0.3 is 5.97 Å². The first kappa shape index (κ1) is 16.1. The van der Waals surface area contributed by atoms with Gasteiger partial charge in [-0.15, -0.1) is 10.2 Å². The Morgan fingerprint density at radius 3 is 2.86 bits per heavy atom. The number of thioether (sulfide) groups is 1. The zero-order valence-electron chi connectivity index (χ0n) is 12.2. The van der Waals surface area contributed by atoms with E-state index in [1.165, 1.54) is 25.1 Å². The van der Waals surface area contributed by atoms with Gasteiger partial charge in [-0.05, 0) is 19.1 Å². The molecule has 0 aliphatic carbocycles. The zero-order chi connectivity index (χ0) is 16.1. The topological polar surface area (TPSA) is 113 Å². The molecule has 2 aromatic heterocycles. The average Bonchev–Trinajstić information content (AvgIpc) is 3.13. The molecule has 0 bridgehead atoms. The van der Waals surface area contributed by atoms with Gasteiger partial charge in [-0.2, -0.15) is 0 Å². The molecule has 9 heteroatoms. The van der Waals surface area contributed by atoms with Crippen LogP contribution >= 0.6 is 11.8 Å². The third-order valence-corrected chi connectivity index (χ3v) is 3.91. The number of hydrogen-bond donors (Lipinski definition) is 1. The van der Waals surface area contributed by atoms with Crippen molar-refractivity contribution in [3.05, 3.63) is 18.4 Å². The average molecular weight is 324 g/mol. The molecule has 0 saturated carbocycles. The monoisotopic (exact) mass is 324 g/mol. The molecule has 2 heterocycles. The summed E-state index contributed by atoms with van der Waals surface area (Å²) in [5.41, 5.74) is 5.20. The Morgan fingerprint density at radius 1 is 1.50 bits per heavy atom. The van der Waals surface area contributed by atoms with Crippen LogP contribution in [0.3, 0.4) is 0 Å². The van der Waals surface area contributed by atoms with E-state index in [4.69, 9.17) is 14.9 Å². The normalized spacial score (nSPS) is 12.1. The standard InChI is InChI=1S/C13H16N4O4S/c1-8(12(19)20-2)22-13-16-15-11(9-4-3-7-21-9)17(13)6-5-10(14)18/h3-4,7-8H,5-6H2,1-2H3,(H2,14,18)/t8-/m0/s1. The van der Waals surface area contributed by atoms with Crippen molar-refractivity contribution < 1.29 is 18.7 Å². The molecule has 0 aliphatic heterocycles. The summed E-state index contributed by atoms with van der Waals surface area (Å²) in [4.78, 5) is 22.6. The van der Waals surface area contributed by atoms with E-state index in [0.29, 0.717) is 23.3 Å². The molecular weight excluding hydrogens is 308 g/mol. The van der Waals surface area contributed by atoms with Crippen molar-refractivity contribution in [1.29, 1.82) is 0 Å². The van der Waals surface area contributed by atoms with E-state index in [1.54, 1.807) is 23.6 Å². The lowest BCUT2D eigenvalue weighted by Gasteiger charge is -2.10. The van der Waals surface area contributed by atoms with Crippen molar-refractivity contribution in [1.82, 2.24) is 14.8 Å². The van der Waals surface area contributed by atoms with Crippen LogP contribution in [0.5, 0.6) is 0 Å². The molecule has 22 heavy (non-hydrogen) atoms. The van der Waals surface area contributed by atoms with Crippen molar-refractivity contribution in [2.45, 2.75) is 30.3 Å². The van der Waals surface area contributed by atoms with Gasteiger partial charge in [0.15, 0.2) is 16.7 Å². The fourth-order valence-electron chi connectivity index (χ4n) is 1.76. The van der Waals surface area contributed by atoms with E-state index in [2.05, 4.69) is 10.2 Å². The van der Waals surface area contributed by atoms with Crippen molar-refractivity contribution in [2.75, 3.05) is 7.11 Å². The largest absolute Gasteiger partial charge is 0.468 e. The molecular formula is C13H16N4O4S. The molecule has 2 aromatic rings. The molecule has 0 fully saturated rings. The van der Waals surface area contributed by atoms with E-state index >= 15 is 0 Å². The third kappa shape index (κ3) is 3.67. The van der Waals surface area contributed by atoms with Crippen LogP contribution < -0.4 is 5.73 Å². The molecule has 0 radical (unpaired) electrons. The van der Waals surface area contributed by atoms with Crippen LogP contribution in [-0.4, -0.2) is 39.0 Å². The van der Waals surface area contributed by atoms with Gasteiger partial charge in [0, 0.05) is 13.0 Å². The number of methoxy groups -OCH3 is 1. The van der Waals surface area contributed by atoms with Crippen molar-refractivity contribution >= 4 is 23.6 Å². The van der Waals surface area contributed by atoms with Gasteiger partial charge in [0.05, 0.1) is 13.4 Å². The van der Waals surface area contributed by atoms with E-state index in [-0.39, 0.29) is 12.4 Å². The quantitative estimate of drug-likeness (QED) is 0.598. The van der Waals surface area contributed by atoms with Gasteiger partial charge in [0.2, 0.25) is 5.91 Å². The number of nitrogens with two attached hydrogens (primary N) is 1. The van der Waals surface area contributed by atoms with Crippen LogP contribution in [0.25, 0.3) is 11.6 Å². The Bertz CT molecular complexity index is 653. The highest BCUT2D eigenvalue weighted by Gasteiger charge is 2.22. The molecule has 8 nitrogen and oxygen atoms in total. The maximum Gasteiger partial charge on any atom is 0.318 e. The molecule has 0 saturated heterocycles. The highest BCUT2D eigenvalue weighted by atomic mass is 32.2. The Kier molecular flexibility index (Phi) is 5.21. The number of esters is 1. The summed E-state index contributed by atoms with van der Waals surface area (Å²) in [6.07, 6.45) is 1.65. The number of furan rings is 1. The second-order valence-corrected chi connectivity index (χ2v) is 5.74. The van der Waals surface area contributed by atoms with Crippen LogP contribution in [0.2, 0.25) is 0 Å². The van der Waals surface area contributed by atoms with Crippen molar-refractivity contribution in [2.24, 2.45) is 5.73 Å². The minimum atomic E-state index is -0.453. The number of carbonyl (C=O) groups excluding carboxylic acids is 2. The number of rotatable bonds is 7. The Hall–Kier alpha value is -2.29. The Morgan fingerprint density at radius 2 is 2.27 bits per heavy atom. The molecule has 0 aromatic carbocycles. The van der Waals surface area contributed by atoms with Gasteiger partial charge in [-0.3, -0.25) is 14.2 Å². The van der Waals surface area contributed by atoms with E-state index < -0.39 is 11.2 Å². The third-order valence-electron chi connectivity index (χ3n) is 2.86. The molecule has 0 aliphatic rings. The molecule has 118 valence electrons. The lowest BCUT2D eigenvalue weighted by atomic mass is 10.3. The van der Waals surface area contributed by atoms with Crippen molar-refractivity contribution in [3.63, 3.8) is 0 Å². The maximum atomic E-state index is 11.5. The molecule has 2 N–H and O–H groups in total. The first-order chi connectivity index (χ1) is 10.5. The summed E-state index contributed by atoms with van der Waals surface area (Å²) in [6, 6.07) is 3.47. The molecule has 0 spiro atoms. The highest BCUT2D eigenvalue weighted by molar-refractivity contribution is 8.00. The number of aromatic nitrogens is 3. The summed E-state index contributed by atoms with van der Waals surface area (Å²) in [6.45, 7) is 2.00. The van der Waals surface area contributed by atoms with E-state index in [1.807, 2.05) is 0 Å². The minimum absolute atomic E-state index is 0.131. The number of primary amides is 1. The smallest absolute Gasteiger partial charge is 0.318 e. The van der Waals surface area contributed by atoms with Crippen LogP contribution in [0.4, 0.5) is 0 Å². The Labute approximate surface area is 131 Å². The zero-order valence-corrected chi connectivity index (χ0v) is 13.0. The summed E-state index contributed by atoms with van der Waals surface area (Å²) in [7, 11) is 1.32. The molecule has 0 unspecified atom stereocenters. The number of carbonyl (C=O) groups is 2. The minimum Gasteiger partial charge on any atom is -0.468 e. The van der Waals surface area contributed by atoms with E-state index in [0.717, 1.165) is 0 Å². The fourth-order valence-corrected chi connectivity index (χ4v) is 2.66. The number of ether oxygens (including phenoxy) is 1. The summed E-state index contributed by atoms with van der Waals surface area (Å²) in [5, 5.41) is 8.17. The summed E-state index contributed by atoms with van der Waals surface area (Å²) < 4.78 is 11.7. The maximum absolute atomic E-state index is 11.5. The number of amides is 1. The number of hydrogen-bond acceptors (Lipinski definition) is 7. The van der Waals surface area contributed by atoms with Crippen LogP contribution in [0.1, 0.15) is 13.3 Å². The highest BCUT2D eigenvalue weighted by Crippen LogP contribution is 2.27. The second-order valence-electron chi connectivity index (χ2n) is 4.43. The predicted molar refractivity (Wildman–Crippen MR) is 78.9 cm³/mol. The summed E-state index contributed by atoms with van der Waals surface area (Å²) in [5.74, 6) is 0.199. The van der Waals surface area contributed by atoms with Gasteiger partial charge in [0.1, 0.15) is 5.25 Å². The molecule has 1 amide bonds. The Balaban J connectivity index is 2.29. The second kappa shape index (κ2) is 7.12. The van der Waals surface area contributed by atoms with Crippen molar-refractivity contribution in [3.8, 4) is 11.6 Å². The van der Waals surface area contributed by atoms with E-state index in [9.17, 15) is 9.59 Å². The molecule has 1 atom stereocenters. The van der Waals surface area contributed by atoms with Gasteiger partial charge in [-0.1, -0.05) is 11.8 Å². The molecule has 2 rings (SSSR count). The predicted octanol–water partition coefficient (Wildman–Crippen LogP) is 1.07. The first-order valence-corrected chi connectivity index (χ1v) is 7.40. The number of nitrogens with zero attached hydrogens (tertiary/aromatic N) is 3. The lowest BCUT2D eigenvalue weighted by Crippen LogP contribution is -2.17. The SMILES string of the molecule is COC(=O)[C@H](C)Sc1nnc(-c2ccco2)n1CCC(N)=O. The van der Waals surface area contributed by atoms with Gasteiger partial charge in [-0.25, -0.2) is 0 Å². The lowest BCUT2D eigenvalue weighted by molar-refractivity contribution is -0.139.